The molecule has 0 amide bonds. The summed E-state index contributed by atoms with van der Waals surface area (Å²) in [6, 6.07) is 12.8. The SMILES string of the molecule is c1cc(CN2CCOCC2)cc(-c2ccc(N3CCCC3)nn2)c1. The predicted octanol–water partition coefficient (Wildman–Crippen LogP) is 2.58. The molecule has 0 bridgehead atoms. The molecule has 2 saturated heterocycles. The lowest BCUT2D eigenvalue weighted by Crippen LogP contribution is -2.35. The third-order valence-electron chi connectivity index (χ3n) is 4.81. The van der Waals surface area contributed by atoms with E-state index in [-0.39, 0.29) is 0 Å². The minimum absolute atomic E-state index is 0.836. The Hall–Kier alpha value is -1.98. The smallest absolute Gasteiger partial charge is 0.151 e. The highest BCUT2D eigenvalue weighted by Gasteiger charge is 2.14. The number of aromatic nitrogens is 2. The van der Waals surface area contributed by atoms with Crippen LogP contribution in [-0.4, -0.2) is 54.5 Å². The second-order valence-electron chi connectivity index (χ2n) is 6.56. The van der Waals surface area contributed by atoms with Gasteiger partial charge in [-0.1, -0.05) is 18.2 Å². The Balaban J connectivity index is 1.48. The molecule has 0 saturated carbocycles. The van der Waals surface area contributed by atoms with Crippen molar-refractivity contribution in [1.82, 2.24) is 15.1 Å². The molecule has 5 nitrogen and oxygen atoms in total. The summed E-state index contributed by atoms with van der Waals surface area (Å²) in [6.07, 6.45) is 2.51. The van der Waals surface area contributed by atoms with Crippen molar-refractivity contribution in [2.75, 3.05) is 44.3 Å². The third-order valence-corrected chi connectivity index (χ3v) is 4.81. The molecule has 0 spiro atoms. The fourth-order valence-corrected chi connectivity index (χ4v) is 3.44. The molecule has 2 fully saturated rings. The summed E-state index contributed by atoms with van der Waals surface area (Å²) in [5.41, 5.74) is 3.41. The van der Waals surface area contributed by atoms with Gasteiger partial charge < -0.3 is 9.64 Å². The summed E-state index contributed by atoms with van der Waals surface area (Å²) in [6.45, 7) is 6.86. The van der Waals surface area contributed by atoms with Crippen molar-refractivity contribution < 1.29 is 4.74 Å². The first-order valence-corrected chi connectivity index (χ1v) is 8.86. The van der Waals surface area contributed by atoms with Crippen LogP contribution in [0.25, 0.3) is 11.3 Å². The maximum absolute atomic E-state index is 5.42. The molecule has 5 heteroatoms. The van der Waals surface area contributed by atoms with Crippen LogP contribution in [0.1, 0.15) is 18.4 Å². The van der Waals surface area contributed by atoms with Crippen LogP contribution in [0.15, 0.2) is 36.4 Å². The monoisotopic (exact) mass is 324 g/mol. The van der Waals surface area contributed by atoms with Gasteiger partial charge in [-0.15, -0.1) is 10.2 Å². The van der Waals surface area contributed by atoms with Crippen LogP contribution in [0.3, 0.4) is 0 Å². The maximum Gasteiger partial charge on any atom is 0.151 e. The predicted molar refractivity (Wildman–Crippen MR) is 95.0 cm³/mol. The van der Waals surface area contributed by atoms with E-state index in [9.17, 15) is 0 Å². The number of nitrogens with zero attached hydrogens (tertiary/aromatic N) is 4. The molecule has 2 aromatic rings. The van der Waals surface area contributed by atoms with Gasteiger partial charge in [-0.3, -0.25) is 4.90 Å². The second kappa shape index (κ2) is 7.28. The molecule has 2 aliphatic rings. The Morgan fingerprint density at radius 2 is 1.75 bits per heavy atom. The average molecular weight is 324 g/mol. The van der Waals surface area contributed by atoms with Gasteiger partial charge in [0.25, 0.3) is 0 Å². The fraction of sp³-hybridized carbons (Fsp3) is 0.474. The van der Waals surface area contributed by atoms with E-state index >= 15 is 0 Å². The van der Waals surface area contributed by atoms with Crippen molar-refractivity contribution in [1.29, 1.82) is 0 Å². The maximum atomic E-state index is 5.42. The Morgan fingerprint density at radius 1 is 0.917 bits per heavy atom. The quantitative estimate of drug-likeness (QED) is 0.865. The van der Waals surface area contributed by atoms with Gasteiger partial charge in [-0.05, 0) is 36.6 Å². The number of morpholine rings is 1. The van der Waals surface area contributed by atoms with Crippen molar-refractivity contribution in [3.8, 4) is 11.3 Å². The van der Waals surface area contributed by atoms with E-state index in [0.29, 0.717) is 0 Å². The molecule has 3 heterocycles. The minimum atomic E-state index is 0.836. The van der Waals surface area contributed by atoms with E-state index in [1.807, 2.05) is 0 Å². The number of ether oxygens (including phenoxy) is 1. The summed E-state index contributed by atoms with van der Waals surface area (Å²) in [7, 11) is 0. The Kier molecular flexibility index (Phi) is 4.71. The van der Waals surface area contributed by atoms with E-state index < -0.39 is 0 Å². The van der Waals surface area contributed by atoms with E-state index in [2.05, 4.69) is 56.4 Å². The van der Waals surface area contributed by atoms with Crippen molar-refractivity contribution in [2.45, 2.75) is 19.4 Å². The van der Waals surface area contributed by atoms with Crippen molar-refractivity contribution in [2.24, 2.45) is 0 Å². The molecular formula is C19H24N4O. The molecule has 126 valence electrons. The molecule has 1 aromatic carbocycles. The summed E-state index contributed by atoms with van der Waals surface area (Å²) in [4.78, 5) is 4.75. The van der Waals surface area contributed by atoms with Crippen LogP contribution < -0.4 is 4.90 Å². The second-order valence-corrected chi connectivity index (χ2v) is 6.56. The lowest BCUT2D eigenvalue weighted by Gasteiger charge is -2.26. The van der Waals surface area contributed by atoms with E-state index in [0.717, 1.165) is 63.0 Å². The molecule has 0 radical (unpaired) electrons. The zero-order valence-electron chi connectivity index (χ0n) is 14.0. The first kappa shape index (κ1) is 15.5. The molecule has 24 heavy (non-hydrogen) atoms. The van der Waals surface area contributed by atoms with Crippen molar-refractivity contribution >= 4 is 5.82 Å². The lowest BCUT2D eigenvalue weighted by atomic mass is 10.1. The highest BCUT2D eigenvalue weighted by molar-refractivity contribution is 5.60. The van der Waals surface area contributed by atoms with Crippen LogP contribution in [0.5, 0.6) is 0 Å². The highest BCUT2D eigenvalue weighted by Crippen LogP contribution is 2.22. The Morgan fingerprint density at radius 3 is 2.50 bits per heavy atom. The molecule has 2 aliphatic heterocycles. The summed E-state index contributed by atoms with van der Waals surface area (Å²) in [5.74, 6) is 1.00. The largest absolute Gasteiger partial charge is 0.379 e. The zero-order valence-corrected chi connectivity index (χ0v) is 14.0. The summed E-state index contributed by atoms with van der Waals surface area (Å²) >= 11 is 0. The van der Waals surface area contributed by atoms with Gasteiger partial charge in [0.1, 0.15) is 0 Å². The fourth-order valence-electron chi connectivity index (χ4n) is 3.44. The van der Waals surface area contributed by atoms with Crippen LogP contribution in [-0.2, 0) is 11.3 Å². The number of hydrogen-bond acceptors (Lipinski definition) is 5. The topological polar surface area (TPSA) is 41.5 Å². The Labute approximate surface area is 143 Å². The van der Waals surface area contributed by atoms with Crippen molar-refractivity contribution in [3.63, 3.8) is 0 Å². The average Bonchev–Trinajstić information content (AvgIpc) is 3.18. The van der Waals surface area contributed by atoms with Crippen LogP contribution in [0.2, 0.25) is 0 Å². The molecular weight excluding hydrogens is 300 g/mol. The van der Waals surface area contributed by atoms with E-state index in [4.69, 9.17) is 4.74 Å². The van der Waals surface area contributed by atoms with Crippen LogP contribution in [0.4, 0.5) is 5.82 Å². The number of hydrogen-bond donors (Lipinski definition) is 0. The first-order chi connectivity index (χ1) is 11.9. The van der Waals surface area contributed by atoms with E-state index in [1.165, 1.54) is 18.4 Å². The molecule has 0 atom stereocenters. The minimum Gasteiger partial charge on any atom is -0.379 e. The third kappa shape index (κ3) is 3.57. The normalized spacial score (nSPS) is 18.9. The van der Waals surface area contributed by atoms with Gasteiger partial charge in [0, 0.05) is 38.3 Å². The first-order valence-electron chi connectivity index (χ1n) is 8.86. The van der Waals surface area contributed by atoms with Gasteiger partial charge in [-0.25, -0.2) is 0 Å². The lowest BCUT2D eigenvalue weighted by molar-refractivity contribution is 0.0342. The van der Waals surface area contributed by atoms with Crippen LogP contribution >= 0.6 is 0 Å². The van der Waals surface area contributed by atoms with Gasteiger partial charge in [0.2, 0.25) is 0 Å². The number of anilines is 1. The van der Waals surface area contributed by atoms with Crippen molar-refractivity contribution in [3.05, 3.63) is 42.0 Å². The van der Waals surface area contributed by atoms with Gasteiger partial charge in [0.05, 0.1) is 18.9 Å². The van der Waals surface area contributed by atoms with E-state index in [1.54, 1.807) is 0 Å². The molecule has 4 rings (SSSR count). The molecule has 0 N–H and O–H groups in total. The van der Waals surface area contributed by atoms with Crippen LogP contribution in [0, 0.1) is 0 Å². The highest BCUT2D eigenvalue weighted by atomic mass is 16.5. The van der Waals surface area contributed by atoms with Gasteiger partial charge >= 0.3 is 0 Å². The van der Waals surface area contributed by atoms with Gasteiger partial charge in [0.15, 0.2) is 5.82 Å². The Bertz CT molecular complexity index is 661. The number of rotatable bonds is 4. The summed E-state index contributed by atoms with van der Waals surface area (Å²) < 4.78 is 5.42. The molecule has 0 unspecified atom stereocenters. The molecule has 1 aromatic heterocycles. The number of benzene rings is 1. The molecule has 0 aliphatic carbocycles. The standard InChI is InChI=1S/C19H24N4O/c1-2-9-23(8-1)19-7-6-18(20-21-19)17-5-3-4-16(14-17)15-22-10-12-24-13-11-22/h3-7,14H,1-2,8-13,15H2. The van der Waals surface area contributed by atoms with Gasteiger partial charge in [-0.2, -0.15) is 0 Å². The summed E-state index contributed by atoms with van der Waals surface area (Å²) in [5, 5.41) is 8.89. The zero-order chi connectivity index (χ0) is 16.2.